The molecule has 1 amide bonds. The standard InChI is InChI=1S/C19H26N2O/c22-19(21-10-1-2-11-21)17-7-6-15-8-12-20(18-4-3-5-18)13-9-16(15)14-17/h6-7,14,18H,1-5,8-13H2. The lowest BCUT2D eigenvalue weighted by molar-refractivity contribution is 0.0792. The van der Waals surface area contributed by atoms with Gasteiger partial charge in [0.25, 0.3) is 5.91 Å². The third-order valence-corrected chi connectivity index (χ3v) is 5.77. The van der Waals surface area contributed by atoms with Crippen molar-refractivity contribution in [2.45, 2.75) is 51.0 Å². The van der Waals surface area contributed by atoms with Crippen LogP contribution in [0.3, 0.4) is 0 Å². The van der Waals surface area contributed by atoms with E-state index in [-0.39, 0.29) is 5.91 Å². The Labute approximate surface area is 133 Å². The van der Waals surface area contributed by atoms with Gasteiger partial charge in [-0.25, -0.2) is 0 Å². The summed E-state index contributed by atoms with van der Waals surface area (Å²) in [7, 11) is 0. The highest BCUT2D eigenvalue weighted by molar-refractivity contribution is 5.94. The van der Waals surface area contributed by atoms with Gasteiger partial charge >= 0.3 is 0 Å². The molecule has 0 unspecified atom stereocenters. The van der Waals surface area contributed by atoms with Gasteiger partial charge < -0.3 is 4.90 Å². The highest BCUT2D eigenvalue weighted by Crippen LogP contribution is 2.28. The van der Waals surface area contributed by atoms with E-state index in [0.29, 0.717) is 0 Å². The molecule has 1 aliphatic carbocycles. The zero-order valence-corrected chi connectivity index (χ0v) is 13.4. The zero-order chi connectivity index (χ0) is 14.9. The number of carbonyl (C=O) groups excluding carboxylic acids is 1. The van der Waals surface area contributed by atoms with Crippen molar-refractivity contribution in [2.75, 3.05) is 26.2 Å². The number of hydrogen-bond donors (Lipinski definition) is 0. The second kappa shape index (κ2) is 6.04. The molecular weight excluding hydrogens is 272 g/mol. The van der Waals surface area contributed by atoms with Gasteiger partial charge in [-0.2, -0.15) is 0 Å². The van der Waals surface area contributed by atoms with Gasteiger partial charge in [-0.15, -0.1) is 0 Å². The molecule has 0 spiro atoms. The van der Waals surface area contributed by atoms with Crippen molar-refractivity contribution in [1.82, 2.24) is 9.80 Å². The van der Waals surface area contributed by atoms with Gasteiger partial charge in [0.15, 0.2) is 0 Å². The average molecular weight is 298 g/mol. The van der Waals surface area contributed by atoms with E-state index >= 15 is 0 Å². The molecule has 3 aliphatic rings. The Morgan fingerprint density at radius 1 is 0.909 bits per heavy atom. The van der Waals surface area contributed by atoms with E-state index in [1.165, 1.54) is 43.5 Å². The maximum atomic E-state index is 12.6. The van der Waals surface area contributed by atoms with Gasteiger partial charge in [0, 0.05) is 37.8 Å². The third kappa shape index (κ3) is 2.67. The summed E-state index contributed by atoms with van der Waals surface area (Å²) in [4.78, 5) is 17.2. The van der Waals surface area contributed by atoms with Crippen molar-refractivity contribution in [1.29, 1.82) is 0 Å². The van der Waals surface area contributed by atoms with E-state index in [0.717, 1.165) is 50.4 Å². The molecule has 0 aromatic heterocycles. The molecule has 0 atom stereocenters. The van der Waals surface area contributed by atoms with Gasteiger partial charge in [0.2, 0.25) is 0 Å². The van der Waals surface area contributed by atoms with Gasteiger partial charge in [-0.05, 0) is 61.8 Å². The fourth-order valence-electron chi connectivity index (χ4n) is 4.10. The molecule has 0 N–H and O–H groups in total. The van der Waals surface area contributed by atoms with Crippen molar-refractivity contribution < 1.29 is 4.79 Å². The van der Waals surface area contributed by atoms with Gasteiger partial charge in [-0.1, -0.05) is 12.5 Å². The van der Waals surface area contributed by atoms with Crippen LogP contribution >= 0.6 is 0 Å². The number of amides is 1. The summed E-state index contributed by atoms with van der Waals surface area (Å²) in [6.07, 6.45) is 8.74. The van der Waals surface area contributed by atoms with Crippen LogP contribution in [-0.4, -0.2) is 47.9 Å². The molecule has 1 aromatic carbocycles. The summed E-state index contributed by atoms with van der Waals surface area (Å²) >= 11 is 0. The minimum absolute atomic E-state index is 0.236. The predicted molar refractivity (Wildman–Crippen MR) is 88.2 cm³/mol. The van der Waals surface area contributed by atoms with Crippen LogP contribution < -0.4 is 0 Å². The van der Waals surface area contributed by atoms with E-state index in [1.807, 2.05) is 4.90 Å². The molecule has 3 heteroatoms. The van der Waals surface area contributed by atoms with E-state index in [2.05, 4.69) is 23.1 Å². The third-order valence-electron chi connectivity index (χ3n) is 5.77. The van der Waals surface area contributed by atoms with Crippen molar-refractivity contribution in [2.24, 2.45) is 0 Å². The number of benzene rings is 1. The number of rotatable bonds is 2. The lowest BCUT2D eigenvalue weighted by Gasteiger charge is -2.36. The summed E-state index contributed by atoms with van der Waals surface area (Å²) in [5, 5.41) is 0. The molecular formula is C19H26N2O. The number of nitrogens with zero attached hydrogens (tertiary/aromatic N) is 2. The first-order chi connectivity index (χ1) is 10.8. The van der Waals surface area contributed by atoms with Crippen LogP contribution in [0.25, 0.3) is 0 Å². The molecule has 2 fully saturated rings. The Morgan fingerprint density at radius 2 is 1.64 bits per heavy atom. The largest absolute Gasteiger partial charge is 0.339 e. The first-order valence-electron chi connectivity index (χ1n) is 8.96. The van der Waals surface area contributed by atoms with Crippen LogP contribution in [0.1, 0.15) is 53.6 Å². The van der Waals surface area contributed by atoms with Crippen LogP contribution in [0.15, 0.2) is 18.2 Å². The van der Waals surface area contributed by atoms with E-state index < -0.39 is 0 Å². The van der Waals surface area contributed by atoms with Crippen molar-refractivity contribution in [3.63, 3.8) is 0 Å². The number of carbonyl (C=O) groups is 1. The highest BCUT2D eigenvalue weighted by Gasteiger charge is 2.27. The molecule has 0 radical (unpaired) electrons. The number of likely N-dealkylation sites (tertiary alicyclic amines) is 1. The van der Waals surface area contributed by atoms with E-state index in [9.17, 15) is 4.79 Å². The Kier molecular flexibility index (Phi) is 3.91. The fraction of sp³-hybridized carbons (Fsp3) is 0.632. The molecule has 1 saturated heterocycles. The Bertz CT molecular complexity index is 559. The monoisotopic (exact) mass is 298 g/mol. The normalized spacial score (nSPS) is 23.0. The topological polar surface area (TPSA) is 23.6 Å². The van der Waals surface area contributed by atoms with Crippen molar-refractivity contribution in [3.8, 4) is 0 Å². The molecule has 1 aromatic rings. The van der Waals surface area contributed by atoms with E-state index in [4.69, 9.17) is 0 Å². The Hall–Kier alpha value is -1.35. The molecule has 2 heterocycles. The van der Waals surface area contributed by atoms with E-state index in [1.54, 1.807) is 0 Å². The zero-order valence-electron chi connectivity index (χ0n) is 13.4. The van der Waals surface area contributed by atoms with Crippen molar-refractivity contribution >= 4 is 5.91 Å². The van der Waals surface area contributed by atoms with Crippen LogP contribution in [0, 0.1) is 0 Å². The van der Waals surface area contributed by atoms with Gasteiger partial charge in [0.05, 0.1) is 0 Å². The molecule has 0 bridgehead atoms. The van der Waals surface area contributed by atoms with Crippen LogP contribution in [0.5, 0.6) is 0 Å². The predicted octanol–water partition coefficient (Wildman–Crippen LogP) is 2.88. The second-order valence-corrected chi connectivity index (χ2v) is 7.10. The number of hydrogen-bond acceptors (Lipinski definition) is 2. The minimum Gasteiger partial charge on any atom is -0.339 e. The molecule has 4 rings (SSSR count). The Balaban J connectivity index is 1.49. The summed E-state index contributed by atoms with van der Waals surface area (Å²) in [5.74, 6) is 0.236. The SMILES string of the molecule is O=C(c1ccc2c(c1)CCN(C1CCC1)CC2)N1CCCC1. The second-order valence-electron chi connectivity index (χ2n) is 7.10. The molecule has 3 nitrogen and oxygen atoms in total. The lowest BCUT2D eigenvalue weighted by atomic mass is 9.91. The smallest absolute Gasteiger partial charge is 0.253 e. The van der Waals surface area contributed by atoms with Crippen LogP contribution in [0.2, 0.25) is 0 Å². The van der Waals surface area contributed by atoms with Crippen LogP contribution in [0.4, 0.5) is 0 Å². The number of fused-ring (bicyclic) bond motifs is 1. The molecule has 118 valence electrons. The molecule has 22 heavy (non-hydrogen) atoms. The minimum atomic E-state index is 0.236. The fourth-order valence-corrected chi connectivity index (χ4v) is 4.10. The lowest BCUT2D eigenvalue weighted by Crippen LogP contribution is -2.41. The Morgan fingerprint density at radius 3 is 2.32 bits per heavy atom. The molecule has 1 saturated carbocycles. The summed E-state index contributed by atoms with van der Waals surface area (Å²) in [5.41, 5.74) is 3.77. The van der Waals surface area contributed by atoms with Gasteiger partial charge in [-0.3, -0.25) is 9.69 Å². The quantitative estimate of drug-likeness (QED) is 0.838. The highest BCUT2D eigenvalue weighted by atomic mass is 16.2. The summed E-state index contributed by atoms with van der Waals surface area (Å²) < 4.78 is 0. The summed E-state index contributed by atoms with van der Waals surface area (Å²) in [6, 6.07) is 7.28. The van der Waals surface area contributed by atoms with Crippen LogP contribution in [-0.2, 0) is 12.8 Å². The van der Waals surface area contributed by atoms with Crippen molar-refractivity contribution in [3.05, 3.63) is 34.9 Å². The maximum Gasteiger partial charge on any atom is 0.253 e. The molecule has 2 aliphatic heterocycles. The summed E-state index contributed by atoms with van der Waals surface area (Å²) in [6.45, 7) is 4.23. The first-order valence-corrected chi connectivity index (χ1v) is 8.96. The average Bonchev–Trinajstić information content (AvgIpc) is 2.94. The first kappa shape index (κ1) is 14.3. The van der Waals surface area contributed by atoms with Gasteiger partial charge in [0.1, 0.15) is 0 Å². The maximum absolute atomic E-state index is 12.6.